The summed E-state index contributed by atoms with van der Waals surface area (Å²) >= 11 is 0. The summed E-state index contributed by atoms with van der Waals surface area (Å²) in [5.74, 6) is 0.0645. The smallest absolute Gasteiger partial charge is 0.282 e. The van der Waals surface area contributed by atoms with Crippen LogP contribution in [0.15, 0.2) is 30.6 Å². The monoisotopic (exact) mass is 295 g/mol. The van der Waals surface area contributed by atoms with Crippen molar-refractivity contribution in [1.29, 1.82) is 0 Å². The molecule has 110 valence electrons. The number of anilines is 1. The van der Waals surface area contributed by atoms with Gasteiger partial charge in [-0.25, -0.2) is 0 Å². The highest BCUT2D eigenvalue weighted by Crippen LogP contribution is 2.46. The molecule has 0 aliphatic carbocycles. The SMILES string of the molecule is O=C1CCc2c3c(cc(-c4cccnc4)c2[N+](=O)[O-])CCN13. The molecule has 0 atom stereocenters. The van der Waals surface area contributed by atoms with Crippen molar-refractivity contribution in [2.45, 2.75) is 19.3 Å². The number of carbonyl (C=O) groups is 1. The molecule has 0 N–H and O–H groups in total. The second kappa shape index (κ2) is 4.62. The number of aromatic nitrogens is 1. The van der Waals surface area contributed by atoms with Crippen molar-refractivity contribution in [1.82, 2.24) is 4.98 Å². The molecule has 0 saturated heterocycles. The topological polar surface area (TPSA) is 76.3 Å². The third-order valence-corrected chi connectivity index (χ3v) is 4.37. The van der Waals surface area contributed by atoms with Crippen molar-refractivity contribution in [3.63, 3.8) is 0 Å². The predicted molar refractivity (Wildman–Crippen MR) is 80.7 cm³/mol. The summed E-state index contributed by atoms with van der Waals surface area (Å²) in [4.78, 5) is 29.1. The number of nitrogens with zero attached hydrogens (tertiary/aromatic N) is 3. The molecular formula is C16H13N3O3. The van der Waals surface area contributed by atoms with E-state index in [0.29, 0.717) is 30.5 Å². The van der Waals surface area contributed by atoms with E-state index in [1.54, 1.807) is 23.4 Å². The van der Waals surface area contributed by atoms with Gasteiger partial charge in [0.2, 0.25) is 5.91 Å². The van der Waals surface area contributed by atoms with E-state index in [0.717, 1.165) is 23.2 Å². The van der Waals surface area contributed by atoms with Gasteiger partial charge in [-0.2, -0.15) is 0 Å². The van der Waals surface area contributed by atoms with Crippen molar-refractivity contribution < 1.29 is 9.72 Å². The molecule has 1 aromatic heterocycles. The molecule has 1 aromatic carbocycles. The van der Waals surface area contributed by atoms with Gasteiger partial charge in [0.05, 0.1) is 21.7 Å². The maximum Gasteiger partial charge on any atom is 0.282 e. The summed E-state index contributed by atoms with van der Waals surface area (Å²) in [6.07, 6.45) is 4.81. The molecule has 22 heavy (non-hydrogen) atoms. The van der Waals surface area contributed by atoms with Crippen LogP contribution in [0.25, 0.3) is 11.1 Å². The van der Waals surface area contributed by atoms with Gasteiger partial charge >= 0.3 is 0 Å². The van der Waals surface area contributed by atoms with Crippen molar-refractivity contribution in [3.05, 3.63) is 51.8 Å². The van der Waals surface area contributed by atoms with Gasteiger partial charge < -0.3 is 4.90 Å². The standard InChI is InChI=1S/C16H13N3O3/c20-14-4-3-12-15-10(5-7-18(14)15)8-13(16(12)19(21)22)11-2-1-6-17-9-11/h1-2,6,8-9H,3-5,7H2. The van der Waals surface area contributed by atoms with E-state index in [1.807, 2.05) is 12.1 Å². The largest absolute Gasteiger partial charge is 0.311 e. The first-order valence-electron chi connectivity index (χ1n) is 7.20. The first-order valence-corrected chi connectivity index (χ1v) is 7.20. The maximum absolute atomic E-state index is 12.0. The fourth-order valence-electron chi connectivity index (χ4n) is 3.45. The Hall–Kier alpha value is -2.76. The van der Waals surface area contributed by atoms with Crippen LogP contribution in [-0.2, 0) is 17.6 Å². The molecule has 0 spiro atoms. The Bertz CT molecular complexity index is 802. The third kappa shape index (κ3) is 1.73. The molecule has 6 nitrogen and oxygen atoms in total. The van der Waals surface area contributed by atoms with Crippen LogP contribution in [0, 0.1) is 10.1 Å². The number of hydrogen-bond donors (Lipinski definition) is 0. The molecule has 3 heterocycles. The second-order valence-electron chi connectivity index (χ2n) is 5.55. The normalized spacial score (nSPS) is 15.8. The fourth-order valence-corrected chi connectivity index (χ4v) is 3.45. The summed E-state index contributed by atoms with van der Waals surface area (Å²) in [6, 6.07) is 5.45. The van der Waals surface area contributed by atoms with Gasteiger partial charge in [-0.05, 0) is 30.5 Å². The fraction of sp³-hybridized carbons (Fsp3) is 0.250. The van der Waals surface area contributed by atoms with Crippen LogP contribution in [0.3, 0.4) is 0 Å². The van der Waals surface area contributed by atoms with Gasteiger partial charge in [0.15, 0.2) is 0 Å². The molecule has 6 heteroatoms. The van der Waals surface area contributed by atoms with Crippen LogP contribution >= 0.6 is 0 Å². The minimum atomic E-state index is -0.329. The number of carbonyl (C=O) groups excluding carboxylic acids is 1. The lowest BCUT2D eigenvalue weighted by Gasteiger charge is -2.25. The number of rotatable bonds is 2. The molecule has 2 aromatic rings. The highest BCUT2D eigenvalue weighted by atomic mass is 16.6. The van der Waals surface area contributed by atoms with Crippen LogP contribution in [0.4, 0.5) is 11.4 Å². The van der Waals surface area contributed by atoms with Crippen LogP contribution < -0.4 is 4.90 Å². The van der Waals surface area contributed by atoms with Gasteiger partial charge in [-0.1, -0.05) is 6.07 Å². The molecule has 0 unspecified atom stereocenters. The van der Waals surface area contributed by atoms with E-state index in [2.05, 4.69) is 4.98 Å². The molecule has 0 saturated carbocycles. The van der Waals surface area contributed by atoms with E-state index in [1.165, 1.54) is 0 Å². The van der Waals surface area contributed by atoms with Gasteiger partial charge in [0.1, 0.15) is 0 Å². The maximum atomic E-state index is 12.0. The summed E-state index contributed by atoms with van der Waals surface area (Å²) < 4.78 is 0. The van der Waals surface area contributed by atoms with Crippen LogP contribution in [0.1, 0.15) is 17.5 Å². The van der Waals surface area contributed by atoms with Crippen molar-refractivity contribution in [3.8, 4) is 11.1 Å². The highest BCUT2D eigenvalue weighted by Gasteiger charge is 2.37. The zero-order valence-electron chi connectivity index (χ0n) is 11.8. The minimum absolute atomic E-state index is 0.0645. The molecule has 0 radical (unpaired) electrons. The average molecular weight is 295 g/mol. The summed E-state index contributed by atoms with van der Waals surface area (Å²) in [7, 11) is 0. The molecule has 4 rings (SSSR count). The van der Waals surface area contributed by atoms with Crippen molar-refractivity contribution in [2.75, 3.05) is 11.4 Å². The van der Waals surface area contributed by atoms with E-state index in [9.17, 15) is 14.9 Å². The molecule has 2 aliphatic rings. The number of hydrogen-bond acceptors (Lipinski definition) is 4. The molecular weight excluding hydrogens is 282 g/mol. The van der Waals surface area contributed by atoms with Gasteiger partial charge in [0, 0.05) is 30.9 Å². The van der Waals surface area contributed by atoms with Crippen molar-refractivity contribution in [2.24, 2.45) is 0 Å². The Balaban J connectivity index is 2.03. The van der Waals surface area contributed by atoms with Crippen LogP contribution in [0.2, 0.25) is 0 Å². The first-order chi connectivity index (χ1) is 10.7. The van der Waals surface area contributed by atoms with E-state index in [-0.39, 0.29) is 16.5 Å². The molecule has 0 fully saturated rings. The third-order valence-electron chi connectivity index (χ3n) is 4.37. The zero-order chi connectivity index (χ0) is 15.3. The minimum Gasteiger partial charge on any atom is -0.311 e. The zero-order valence-corrected chi connectivity index (χ0v) is 11.8. The Morgan fingerprint density at radius 1 is 1.27 bits per heavy atom. The van der Waals surface area contributed by atoms with Gasteiger partial charge in [-0.3, -0.25) is 19.9 Å². The van der Waals surface area contributed by atoms with Crippen molar-refractivity contribution >= 4 is 17.3 Å². The lowest BCUT2D eigenvalue weighted by Crippen LogP contribution is -2.33. The van der Waals surface area contributed by atoms with Crippen LogP contribution in [-0.4, -0.2) is 22.4 Å². The molecule has 0 bridgehead atoms. The van der Waals surface area contributed by atoms with E-state index >= 15 is 0 Å². The van der Waals surface area contributed by atoms with Gasteiger partial charge in [-0.15, -0.1) is 0 Å². The quantitative estimate of drug-likeness (QED) is 0.630. The Morgan fingerprint density at radius 2 is 2.14 bits per heavy atom. The number of nitro groups is 1. The Kier molecular flexibility index (Phi) is 2.72. The lowest BCUT2D eigenvalue weighted by atomic mass is 9.92. The number of benzene rings is 1. The van der Waals surface area contributed by atoms with E-state index in [4.69, 9.17) is 0 Å². The van der Waals surface area contributed by atoms with E-state index < -0.39 is 0 Å². The Labute approximate surface area is 126 Å². The summed E-state index contributed by atoms with van der Waals surface area (Å²) in [5.41, 5.74) is 3.94. The molecule has 2 aliphatic heterocycles. The summed E-state index contributed by atoms with van der Waals surface area (Å²) in [6.45, 7) is 0.620. The highest BCUT2D eigenvalue weighted by molar-refractivity contribution is 6.01. The average Bonchev–Trinajstić information content (AvgIpc) is 2.96. The molecule has 1 amide bonds. The first kappa shape index (κ1) is 12.9. The number of pyridine rings is 1. The number of nitro benzene ring substituents is 1. The van der Waals surface area contributed by atoms with Gasteiger partial charge in [0.25, 0.3) is 5.69 Å². The summed E-state index contributed by atoms with van der Waals surface area (Å²) in [5, 5.41) is 11.7. The number of amides is 1. The lowest BCUT2D eigenvalue weighted by molar-refractivity contribution is -0.384. The van der Waals surface area contributed by atoms with Crippen LogP contribution in [0.5, 0.6) is 0 Å². The predicted octanol–water partition coefficient (Wildman–Crippen LogP) is 2.49. The second-order valence-corrected chi connectivity index (χ2v) is 5.55. The Morgan fingerprint density at radius 3 is 2.86 bits per heavy atom.